The van der Waals surface area contributed by atoms with Crippen molar-refractivity contribution in [2.45, 2.75) is 57.3 Å². The van der Waals surface area contributed by atoms with Crippen molar-refractivity contribution in [2.75, 3.05) is 24.6 Å². The molecule has 2 aromatic carbocycles. The minimum absolute atomic E-state index is 0.0321. The van der Waals surface area contributed by atoms with Gasteiger partial charge in [-0.25, -0.2) is 0 Å². The summed E-state index contributed by atoms with van der Waals surface area (Å²) >= 11 is 0. The van der Waals surface area contributed by atoms with E-state index in [0.717, 1.165) is 36.8 Å². The number of fused-ring (bicyclic) bond motifs is 1. The largest absolute Gasteiger partial charge is 0.468 e. The topological polar surface area (TPSA) is 49.9 Å². The number of nitrogens with zero attached hydrogens (tertiary/aromatic N) is 2. The lowest BCUT2D eigenvalue weighted by Crippen LogP contribution is -2.42. The number of ether oxygens (including phenoxy) is 1. The Balaban J connectivity index is 1.74. The Bertz CT molecular complexity index is 1270. The van der Waals surface area contributed by atoms with Crippen molar-refractivity contribution in [2.24, 2.45) is 11.8 Å². The van der Waals surface area contributed by atoms with Crippen LogP contribution < -0.4 is 4.90 Å². The first-order valence-corrected chi connectivity index (χ1v) is 13.1. The van der Waals surface area contributed by atoms with Crippen LogP contribution >= 0.6 is 0 Å². The highest BCUT2D eigenvalue weighted by Gasteiger charge is 2.40. The quantitative estimate of drug-likeness (QED) is 0.222. The average molecular weight is 611 g/mol. The molecule has 1 heterocycles. The van der Waals surface area contributed by atoms with Crippen LogP contribution in [0, 0.1) is 11.8 Å². The highest BCUT2D eigenvalue weighted by atomic mass is 19.4. The monoisotopic (exact) mass is 610 g/mol. The van der Waals surface area contributed by atoms with Gasteiger partial charge in [0.25, 0.3) is 6.47 Å². The van der Waals surface area contributed by atoms with E-state index in [1.807, 2.05) is 4.90 Å². The number of amides is 1. The maximum absolute atomic E-state index is 13.7. The van der Waals surface area contributed by atoms with Gasteiger partial charge < -0.3 is 14.5 Å². The summed E-state index contributed by atoms with van der Waals surface area (Å²) in [6.45, 7) is 1.35. The van der Waals surface area contributed by atoms with Crippen LogP contribution in [-0.4, -0.2) is 37.0 Å². The van der Waals surface area contributed by atoms with E-state index in [1.54, 1.807) is 0 Å². The molecule has 0 saturated heterocycles. The molecular weight excluding hydrogens is 583 g/mol. The van der Waals surface area contributed by atoms with Crippen molar-refractivity contribution in [1.29, 1.82) is 0 Å². The number of hydrogen-bond donors (Lipinski definition) is 0. The minimum atomic E-state index is -5.11. The molecule has 2 unspecified atom stereocenters. The Labute approximate surface area is 235 Å². The summed E-state index contributed by atoms with van der Waals surface area (Å²) in [6, 6.07) is 2.90. The fourth-order valence-electron chi connectivity index (χ4n) is 5.45. The van der Waals surface area contributed by atoms with Crippen LogP contribution in [0.1, 0.15) is 60.0 Å². The second-order valence-corrected chi connectivity index (χ2v) is 10.6. The summed E-state index contributed by atoms with van der Waals surface area (Å²) in [7, 11) is 0. The highest BCUT2D eigenvalue weighted by Crippen LogP contribution is 2.44. The number of carbonyl (C=O) groups excluding carboxylic acids is 2. The van der Waals surface area contributed by atoms with Gasteiger partial charge >= 0.3 is 18.5 Å². The van der Waals surface area contributed by atoms with Crippen LogP contribution in [0.25, 0.3) is 0 Å². The zero-order chi connectivity index (χ0) is 31.0. The van der Waals surface area contributed by atoms with Crippen molar-refractivity contribution in [1.82, 2.24) is 4.90 Å². The fourth-order valence-corrected chi connectivity index (χ4v) is 5.45. The predicted octanol–water partition coefficient (Wildman–Crippen LogP) is 7.24. The molecule has 0 N–H and O–H groups in total. The summed E-state index contributed by atoms with van der Waals surface area (Å²) in [4.78, 5) is 26.3. The van der Waals surface area contributed by atoms with Gasteiger partial charge in [0.2, 0.25) is 5.91 Å². The van der Waals surface area contributed by atoms with Crippen LogP contribution in [0.4, 0.5) is 45.2 Å². The molecule has 14 heteroatoms. The van der Waals surface area contributed by atoms with Gasteiger partial charge in [-0.15, -0.1) is 0 Å². The van der Waals surface area contributed by atoms with E-state index in [0.29, 0.717) is 30.8 Å². The van der Waals surface area contributed by atoms with Crippen molar-refractivity contribution in [3.63, 3.8) is 0 Å². The van der Waals surface area contributed by atoms with Gasteiger partial charge in [0.05, 0.1) is 29.3 Å². The highest BCUT2D eigenvalue weighted by molar-refractivity contribution is 5.75. The molecule has 2 aromatic rings. The Morgan fingerprint density at radius 3 is 2.02 bits per heavy atom. The normalized spacial score (nSPS) is 18.3. The number of halogens is 9. The second kappa shape index (κ2) is 11.7. The van der Waals surface area contributed by atoms with E-state index in [2.05, 4.69) is 0 Å². The summed E-state index contributed by atoms with van der Waals surface area (Å²) in [5.41, 5.74) is -4.19. The van der Waals surface area contributed by atoms with Crippen molar-refractivity contribution in [3.8, 4) is 0 Å². The first kappa shape index (κ1) is 31.5. The lowest BCUT2D eigenvalue weighted by molar-refractivity contribution is -0.143. The van der Waals surface area contributed by atoms with Crippen LogP contribution in [0.15, 0.2) is 36.4 Å². The molecule has 1 saturated carbocycles. The van der Waals surface area contributed by atoms with Crippen molar-refractivity contribution in [3.05, 3.63) is 64.2 Å². The van der Waals surface area contributed by atoms with Gasteiger partial charge in [-0.1, -0.05) is 0 Å². The molecule has 2 aliphatic rings. The molecule has 4 rings (SSSR count). The van der Waals surface area contributed by atoms with Gasteiger partial charge in [0.15, 0.2) is 0 Å². The summed E-state index contributed by atoms with van der Waals surface area (Å²) in [6.07, 6.45) is -13.1. The van der Waals surface area contributed by atoms with E-state index in [-0.39, 0.29) is 43.0 Å². The third-order valence-electron chi connectivity index (χ3n) is 7.63. The number of anilines is 1. The van der Waals surface area contributed by atoms with Crippen LogP contribution in [0.2, 0.25) is 0 Å². The van der Waals surface area contributed by atoms with Gasteiger partial charge in [-0.2, -0.15) is 39.5 Å². The van der Waals surface area contributed by atoms with Crippen LogP contribution in [-0.2, 0) is 39.4 Å². The number of carbonyl (C=O) groups is 2. The molecule has 0 radical (unpaired) electrons. The molecule has 1 amide bonds. The van der Waals surface area contributed by atoms with Gasteiger partial charge in [-0.05, 0) is 72.7 Å². The van der Waals surface area contributed by atoms with Crippen LogP contribution in [0.5, 0.6) is 0 Å². The average Bonchev–Trinajstić information content (AvgIpc) is 3.73. The minimum Gasteiger partial charge on any atom is -0.468 e. The predicted molar refractivity (Wildman–Crippen MR) is 132 cm³/mol. The Hall–Kier alpha value is -3.45. The lowest BCUT2D eigenvalue weighted by atomic mass is 9.91. The number of benzene rings is 2. The molecule has 2 atom stereocenters. The van der Waals surface area contributed by atoms with Crippen molar-refractivity contribution >= 4 is 18.1 Å². The molecule has 0 bridgehead atoms. The third kappa shape index (κ3) is 7.30. The number of rotatable bonds is 9. The molecule has 230 valence electrons. The molecule has 1 fully saturated rings. The summed E-state index contributed by atoms with van der Waals surface area (Å²) in [5, 5.41) is 0. The third-order valence-corrected chi connectivity index (χ3v) is 7.63. The first-order chi connectivity index (χ1) is 19.5. The molecule has 1 aliphatic heterocycles. The van der Waals surface area contributed by atoms with Crippen LogP contribution in [0.3, 0.4) is 0 Å². The fraction of sp³-hybridized carbons (Fsp3) is 0.500. The number of hydrogen-bond acceptors (Lipinski definition) is 4. The standard InChI is InChI=1S/C28H27F9N2O3/c1-16(41)39(12-17-8-21(27(32,33)34)10-22(9-17)28(35,36)37)25-6-7-38(13-19(14-42-15-40)18-2-3-18)24-5-4-20(11-23(24)25)26(29,30)31/h4-5,8-11,15,18-19,25H,2-3,6-7,12-14H2,1H3. The Kier molecular flexibility index (Phi) is 8.75. The van der Waals surface area contributed by atoms with E-state index < -0.39 is 59.3 Å². The summed E-state index contributed by atoms with van der Waals surface area (Å²) in [5.74, 6) is -0.576. The lowest BCUT2D eigenvalue weighted by Gasteiger charge is -2.42. The second-order valence-electron chi connectivity index (χ2n) is 10.6. The zero-order valence-electron chi connectivity index (χ0n) is 22.2. The first-order valence-electron chi connectivity index (χ1n) is 13.1. The SMILES string of the molecule is CC(=O)N(Cc1cc(C(F)(F)F)cc(C(F)(F)F)c1)C1CCN(CC(COC=O)C2CC2)c2ccc(C(F)(F)F)cc21. The van der Waals surface area contributed by atoms with Gasteiger partial charge in [0.1, 0.15) is 0 Å². The van der Waals surface area contributed by atoms with Gasteiger partial charge in [0, 0.05) is 38.2 Å². The molecule has 5 nitrogen and oxygen atoms in total. The summed E-state index contributed by atoms with van der Waals surface area (Å²) < 4.78 is 127. The van der Waals surface area contributed by atoms with Crippen molar-refractivity contribution < 1.29 is 53.8 Å². The maximum Gasteiger partial charge on any atom is 0.416 e. The van der Waals surface area contributed by atoms with E-state index >= 15 is 0 Å². The smallest absolute Gasteiger partial charge is 0.416 e. The molecular formula is C28H27F9N2O3. The van der Waals surface area contributed by atoms with E-state index in [4.69, 9.17) is 4.74 Å². The molecule has 42 heavy (non-hydrogen) atoms. The van der Waals surface area contributed by atoms with E-state index in [9.17, 15) is 49.1 Å². The Morgan fingerprint density at radius 1 is 0.929 bits per heavy atom. The zero-order valence-corrected chi connectivity index (χ0v) is 22.2. The molecule has 0 spiro atoms. The molecule has 1 aliphatic carbocycles. The van der Waals surface area contributed by atoms with E-state index in [1.165, 1.54) is 6.07 Å². The van der Waals surface area contributed by atoms with Gasteiger partial charge in [-0.3, -0.25) is 9.59 Å². The Morgan fingerprint density at radius 2 is 1.52 bits per heavy atom. The maximum atomic E-state index is 13.7. The number of alkyl halides is 9. The molecule has 0 aromatic heterocycles.